The molecule has 1 aromatic rings. The maximum atomic E-state index is 10.4. The third-order valence-electron chi connectivity index (χ3n) is 1.24. The second-order valence-corrected chi connectivity index (χ2v) is 2.21. The molecule has 0 radical (unpaired) electrons. The molecular formula is C7H10N2O2. The third kappa shape index (κ3) is 2.84. The van der Waals surface area contributed by atoms with E-state index in [9.17, 15) is 4.79 Å². The average Bonchev–Trinajstić information content (AvgIpc) is 2.39. The zero-order valence-electron chi connectivity index (χ0n) is 6.33. The standard InChI is InChI=1S/C7H10N2O2/c1-6(10)8-3-2-7-4-11-5-9-7/h4-5H,2-3H2,1H3,(H,8,10). The minimum Gasteiger partial charge on any atom is -0.451 e. The summed E-state index contributed by atoms with van der Waals surface area (Å²) in [6.45, 7) is 2.10. The molecule has 0 aliphatic heterocycles. The summed E-state index contributed by atoms with van der Waals surface area (Å²) in [4.78, 5) is 14.3. The Labute approximate surface area is 64.6 Å². The monoisotopic (exact) mass is 154 g/mol. The van der Waals surface area contributed by atoms with Crippen LogP contribution in [-0.2, 0) is 11.2 Å². The van der Waals surface area contributed by atoms with E-state index in [1.54, 1.807) is 6.26 Å². The molecule has 60 valence electrons. The second kappa shape index (κ2) is 3.75. The minimum atomic E-state index is -0.0199. The molecule has 1 aromatic heterocycles. The van der Waals surface area contributed by atoms with Crippen LogP contribution in [0.4, 0.5) is 0 Å². The average molecular weight is 154 g/mol. The van der Waals surface area contributed by atoms with E-state index >= 15 is 0 Å². The molecule has 0 spiro atoms. The van der Waals surface area contributed by atoms with Crippen molar-refractivity contribution in [3.63, 3.8) is 0 Å². The summed E-state index contributed by atoms with van der Waals surface area (Å²) in [7, 11) is 0. The first-order valence-electron chi connectivity index (χ1n) is 3.40. The normalized spacial score (nSPS) is 9.55. The molecule has 1 heterocycles. The van der Waals surface area contributed by atoms with Gasteiger partial charge in [-0.1, -0.05) is 0 Å². The van der Waals surface area contributed by atoms with E-state index in [0.717, 1.165) is 12.1 Å². The number of amides is 1. The van der Waals surface area contributed by atoms with Gasteiger partial charge in [0.2, 0.25) is 5.91 Å². The van der Waals surface area contributed by atoms with Crippen molar-refractivity contribution in [1.29, 1.82) is 0 Å². The van der Waals surface area contributed by atoms with Crippen LogP contribution in [-0.4, -0.2) is 17.4 Å². The first-order valence-corrected chi connectivity index (χ1v) is 3.40. The summed E-state index contributed by atoms with van der Waals surface area (Å²) in [6.07, 6.45) is 3.67. The van der Waals surface area contributed by atoms with E-state index in [4.69, 9.17) is 4.42 Å². The minimum absolute atomic E-state index is 0.0199. The number of carbonyl (C=O) groups is 1. The fourth-order valence-corrected chi connectivity index (χ4v) is 0.728. The number of aromatic nitrogens is 1. The maximum absolute atomic E-state index is 10.4. The van der Waals surface area contributed by atoms with Crippen LogP contribution in [0.25, 0.3) is 0 Å². The van der Waals surface area contributed by atoms with Crippen molar-refractivity contribution in [1.82, 2.24) is 10.3 Å². The van der Waals surface area contributed by atoms with E-state index in [1.165, 1.54) is 13.3 Å². The summed E-state index contributed by atoms with van der Waals surface area (Å²) in [6, 6.07) is 0. The molecular weight excluding hydrogens is 144 g/mol. The fourth-order valence-electron chi connectivity index (χ4n) is 0.728. The largest absolute Gasteiger partial charge is 0.451 e. The van der Waals surface area contributed by atoms with Gasteiger partial charge in [0.05, 0.1) is 5.69 Å². The number of hydrogen-bond donors (Lipinski definition) is 1. The highest BCUT2D eigenvalue weighted by Gasteiger charge is 1.95. The maximum Gasteiger partial charge on any atom is 0.216 e. The van der Waals surface area contributed by atoms with Crippen LogP contribution < -0.4 is 5.32 Å². The van der Waals surface area contributed by atoms with Gasteiger partial charge in [-0.3, -0.25) is 4.79 Å². The van der Waals surface area contributed by atoms with E-state index in [2.05, 4.69) is 10.3 Å². The molecule has 0 aliphatic carbocycles. The van der Waals surface area contributed by atoms with Crippen LogP contribution >= 0.6 is 0 Å². The van der Waals surface area contributed by atoms with Gasteiger partial charge in [-0.2, -0.15) is 0 Å². The van der Waals surface area contributed by atoms with Crippen molar-refractivity contribution in [3.8, 4) is 0 Å². The molecule has 0 aliphatic rings. The molecule has 1 rings (SSSR count). The van der Waals surface area contributed by atoms with Crippen molar-refractivity contribution < 1.29 is 9.21 Å². The Hall–Kier alpha value is -1.32. The molecule has 0 saturated carbocycles. The van der Waals surface area contributed by atoms with Crippen LogP contribution in [0.3, 0.4) is 0 Å². The molecule has 0 atom stereocenters. The summed E-state index contributed by atoms with van der Waals surface area (Å²) in [5.41, 5.74) is 0.860. The highest BCUT2D eigenvalue weighted by atomic mass is 16.3. The van der Waals surface area contributed by atoms with Gasteiger partial charge >= 0.3 is 0 Å². The summed E-state index contributed by atoms with van der Waals surface area (Å²) >= 11 is 0. The number of oxazole rings is 1. The molecule has 0 aromatic carbocycles. The zero-order chi connectivity index (χ0) is 8.10. The zero-order valence-corrected chi connectivity index (χ0v) is 6.33. The third-order valence-corrected chi connectivity index (χ3v) is 1.24. The Kier molecular flexibility index (Phi) is 2.66. The Balaban J connectivity index is 2.19. The second-order valence-electron chi connectivity index (χ2n) is 2.21. The molecule has 1 N–H and O–H groups in total. The molecule has 0 saturated heterocycles. The van der Waals surface area contributed by atoms with Gasteiger partial charge in [-0.15, -0.1) is 0 Å². The number of hydrogen-bond acceptors (Lipinski definition) is 3. The lowest BCUT2D eigenvalue weighted by Crippen LogP contribution is -2.22. The van der Waals surface area contributed by atoms with Crippen molar-refractivity contribution in [2.75, 3.05) is 6.54 Å². The summed E-state index contributed by atoms with van der Waals surface area (Å²) in [5, 5.41) is 2.66. The van der Waals surface area contributed by atoms with Gasteiger partial charge in [0.15, 0.2) is 6.39 Å². The van der Waals surface area contributed by atoms with Crippen molar-refractivity contribution in [2.24, 2.45) is 0 Å². The number of carbonyl (C=O) groups excluding carboxylic acids is 1. The van der Waals surface area contributed by atoms with Crippen LogP contribution in [0.5, 0.6) is 0 Å². The fraction of sp³-hybridized carbons (Fsp3) is 0.429. The van der Waals surface area contributed by atoms with Crippen molar-refractivity contribution in [2.45, 2.75) is 13.3 Å². The van der Waals surface area contributed by atoms with Gasteiger partial charge in [-0.05, 0) is 0 Å². The van der Waals surface area contributed by atoms with Crippen LogP contribution in [0.2, 0.25) is 0 Å². The van der Waals surface area contributed by atoms with E-state index in [0.29, 0.717) is 6.54 Å². The SMILES string of the molecule is CC(=O)NCCc1cocn1. The Morgan fingerprint density at radius 1 is 1.82 bits per heavy atom. The van der Waals surface area contributed by atoms with Gasteiger partial charge in [-0.25, -0.2) is 4.98 Å². The first-order chi connectivity index (χ1) is 5.29. The lowest BCUT2D eigenvalue weighted by molar-refractivity contribution is -0.118. The first kappa shape index (κ1) is 7.78. The lowest BCUT2D eigenvalue weighted by Gasteiger charge is -1.96. The van der Waals surface area contributed by atoms with Crippen LogP contribution in [0, 0.1) is 0 Å². The lowest BCUT2D eigenvalue weighted by atomic mass is 10.3. The molecule has 0 bridgehead atoms. The Morgan fingerprint density at radius 3 is 3.18 bits per heavy atom. The van der Waals surface area contributed by atoms with Gasteiger partial charge < -0.3 is 9.73 Å². The predicted octanol–water partition coefficient (Wildman–Crippen LogP) is 0.353. The Morgan fingerprint density at radius 2 is 2.64 bits per heavy atom. The van der Waals surface area contributed by atoms with E-state index in [1.807, 2.05) is 0 Å². The number of nitrogens with one attached hydrogen (secondary N) is 1. The molecule has 0 unspecified atom stereocenters. The van der Waals surface area contributed by atoms with Crippen LogP contribution in [0.15, 0.2) is 17.1 Å². The van der Waals surface area contributed by atoms with Crippen molar-refractivity contribution in [3.05, 3.63) is 18.4 Å². The van der Waals surface area contributed by atoms with E-state index < -0.39 is 0 Å². The Bertz CT molecular complexity index is 218. The smallest absolute Gasteiger partial charge is 0.216 e. The predicted molar refractivity (Wildman–Crippen MR) is 38.9 cm³/mol. The van der Waals surface area contributed by atoms with Gasteiger partial charge in [0.25, 0.3) is 0 Å². The summed E-state index contributed by atoms with van der Waals surface area (Å²) in [5.74, 6) is -0.0199. The van der Waals surface area contributed by atoms with Crippen molar-refractivity contribution >= 4 is 5.91 Å². The van der Waals surface area contributed by atoms with Gasteiger partial charge in [0.1, 0.15) is 6.26 Å². The molecule has 4 heteroatoms. The number of nitrogens with zero attached hydrogens (tertiary/aromatic N) is 1. The molecule has 0 fully saturated rings. The highest BCUT2D eigenvalue weighted by molar-refractivity contribution is 5.72. The molecule has 11 heavy (non-hydrogen) atoms. The quantitative estimate of drug-likeness (QED) is 0.683. The van der Waals surface area contributed by atoms with Gasteiger partial charge in [0, 0.05) is 19.9 Å². The highest BCUT2D eigenvalue weighted by Crippen LogP contribution is 1.93. The summed E-state index contributed by atoms with van der Waals surface area (Å²) < 4.78 is 4.75. The molecule has 1 amide bonds. The number of rotatable bonds is 3. The van der Waals surface area contributed by atoms with E-state index in [-0.39, 0.29) is 5.91 Å². The topological polar surface area (TPSA) is 55.1 Å². The molecule has 4 nitrogen and oxygen atoms in total. The van der Waals surface area contributed by atoms with Crippen LogP contribution in [0.1, 0.15) is 12.6 Å².